The molecule has 3 aromatic rings. The number of rotatable bonds is 10. The number of aromatic nitrogens is 2. The zero-order chi connectivity index (χ0) is 20.6. The summed E-state index contributed by atoms with van der Waals surface area (Å²) in [4.78, 5) is 27.9. The fourth-order valence-corrected chi connectivity index (χ4v) is 2.79. The maximum Gasteiger partial charge on any atom is 0.308 e. The van der Waals surface area contributed by atoms with E-state index in [1.54, 1.807) is 18.2 Å². The van der Waals surface area contributed by atoms with E-state index in [-0.39, 0.29) is 31.7 Å². The molecule has 1 amide bonds. The highest BCUT2D eigenvalue weighted by Crippen LogP contribution is 2.21. The minimum atomic E-state index is -0.990. The summed E-state index contributed by atoms with van der Waals surface area (Å²) in [5, 5.41) is 15.9. The quantitative estimate of drug-likeness (QED) is 0.532. The third-order valence-corrected chi connectivity index (χ3v) is 4.33. The summed E-state index contributed by atoms with van der Waals surface area (Å²) in [7, 11) is 1.53. The van der Waals surface area contributed by atoms with Gasteiger partial charge in [-0.2, -0.15) is 4.98 Å². The lowest BCUT2D eigenvalue weighted by atomic mass is 9.98. The van der Waals surface area contributed by atoms with Crippen molar-refractivity contribution in [3.8, 4) is 17.3 Å². The van der Waals surface area contributed by atoms with E-state index in [9.17, 15) is 14.7 Å². The summed E-state index contributed by atoms with van der Waals surface area (Å²) in [6, 6.07) is 10.6. The molecule has 0 saturated heterocycles. The van der Waals surface area contributed by atoms with Crippen molar-refractivity contribution in [2.45, 2.75) is 19.3 Å². The molecule has 1 atom stereocenters. The van der Waals surface area contributed by atoms with Gasteiger partial charge in [-0.05, 0) is 30.2 Å². The van der Waals surface area contributed by atoms with Crippen LogP contribution in [0.3, 0.4) is 0 Å². The zero-order valence-corrected chi connectivity index (χ0v) is 15.8. The van der Waals surface area contributed by atoms with Crippen LogP contribution in [0.2, 0.25) is 0 Å². The van der Waals surface area contributed by atoms with Gasteiger partial charge >= 0.3 is 5.97 Å². The van der Waals surface area contributed by atoms with Crippen molar-refractivity contribution in [3.63, 3.8) is 0 Å². The number of aryl methyl sites for hydroxylation is 1. The van der Waals surface area contributed by atoms with Gasteiger partial charge in [0.15, 0.2) is 5.76 Å². The molecule has 2 heterocycles. The number of carboxylic acids is 1. The predicted octanol–water partition coefficient (Wildman–Crippen LogP) is 2.33. The Labute approximate surface area is 166 Å². The molecule has 0 bridgehead atoms. The van der Waals surface area contributed by atoms with Gasteiger partial charge in [0.2, 0.25) is 17.6 Å². The molecule has 9 nitrogen and oxygen atoms in total. The van der Waals surface area contributed by atoms with Crippen LogP contribution in [0.4, 0.5) is 0 Å². The molecular formula is C20H21N3O6. The van der Waals surface area contributed by atoms with Crippen LogP contribution in [0.1, 0.15) is 17.9 Å². The molecule has 0 saturated carbocycles. The summed E-state index contributed by atoms with van der Waals surface area (Å²) in [6.07, 6.45) is 2.09. The van der Waals surface area contributed by atoms with Crippen molar-refractivity contribution in [2.24, 2.45) is 5.92 Å². The Morgan fingerprint density at radius 1 is 1.24 bits per heavy atom. The summed E-state index contributed by atoms with van der Waals surface area (Å²) in [6.45, 7) is 0.00763. The van der Waals surface area contributed by atoms with E-state index in [1.165, 1.54) is 13.4 Å². The minimum Gasteiger partial charge on any atom is -0.496 e. The number of benzene rings is 1. The number of nitrogens with zero attached hydrogens (tertiary/aromatic N) is 2. The van der Waals surface area contributed by atoms with Gasteiger partial charge in [0.05, 0.1) is 19.3 Å². The number of nitrogens with one attached hydrogen (secondary N) is 1. The molecule has 1 unspecified atom stereocenters. The molecular weight excluding hydrogens is 378 g/mol. The Kier molecular flexibility index (Phi) is 6.62. The molecule has 0 aliphatic heterocycles. The number of ether oxygens (including phenoxy) is 1. The minimum absolute atomic E-state index is 0.00763. The second kappa shape index (κ2) is 9.54. The molecule has 0 spiro atoms. The first-order valence-electron chi connectivity index (χ1n) is 9.04. The van der Waals surface area contributed by atoms with Crippen LogP contribution >= 0.6 is 0 Å². The van der Waals surface area contributed by atoms with Crippen LogP contribution in [0.25, 0.3) is 11.6 Å². The largest absolute Gasteiger partial charge is 0.496 e. The molecule has 3 rings (SSSR count). The Bertz CT molecular complexity index is 951. The average molecular weight is 399 g/mol. The zero-order valence-electron chi connectivity index (χ0n) is 15.8. The number of methoxy groups -OCH3 is 1. The second-order valence-corrected chi connectivity index (χ2v) is 6.34. The van der Waals surface area contributed by atoms with Gasteiger partial charge in [-0.1, -0.05) is 23.4 Å². The van der Waals surface area contributed by atoms with Crippen LogP contribution < -0.4 is 10.1 Å². The SMILES string of the molecule is COc1ccccc1CC(CNC(=O)CCc1nc(-c2ccco2)no1)C(=O)O. The van der Waals surface area contributed by atoms with Gasteiger partial charge in [0, 0.05) is 19.4 Å². The van der Waals surface area contributed by atoms with Gasteiger partial charge in [-0.25, -0.2) is 0 Å². The Hall–Kier alpha value is -3.62. The number of carbonyl (C=O) groups is 2. The monoisotopic (exact) mass is 399 g/mol. The van der Waals surface area contributed by atoms with E-state index in [1.807, 2.05) is 18.2 Å². The average Bonchev–Trinajstić information content (AvgIpc) is 3.41. The standard InChI is InChI=1S/C20H21N3O6/c1-27-15-6-3-2-5-13(15)11-14(20(25)26)12-21-17(24)8-9-18-22-19(23-29-18)16-7-4-10-28-16/h2-7,10,14H,8-9,11-12H2,1H3,(H,21,24)(H,25,26). The van der Waals surface area contributed by atoms with Crippen LogP contribution in [-0.4, -0.2) is 40.8 Å². The first-order valence-corrected chi connectivity index (χ1v) is 9.04. The van der Waals surface area contributed by atoms with Gasteiger partial charge in [0.25, 0.3) is 0 Å². The van der Waals surface area contributed by atoms with Gasteiger partial charge in [0.1, 0.15) is 5.75 Å². The molecule has 0 aliphatic rings. The maximum absolute atomic E-state index is 12.1. The number of para-hydroxylation sites is 1. The molecule has 2 aromatic heterocycles. The Morgan fingerprint density at radius 3 is 2.79 bits per heavy atom. The Balaban J connectivity index is 1.50. The van der Waals surface area contributed by atoms with Crippen molar-refractivity contribution < 1.29 is 28.4 Å². The van der Waals surface area contributed by atoms with E-state index >= 15 is 0 Å². The van der Waals surface area contributed by atoms with E-state index in [0.29, 0.717) is 23.2 Å². The summed E-state index contributed by atoms with van der Waals surface area (Å²) < 4.78 is 15.5. The molecule has 29 heavy (non-hydrogen) atoms. The van der Waals surface area contributed by atoms with E-state index in [2.05, 4.69) is 15.5 Å². The highest BCUT2D eigenvalue weighted by Gasteiger charge is 2.21. The van der Waals surface area contributed by atoms with Crippen LogP contribution in [0.15, 0.2) is 51.6 Å². The number of furan rings is 1. The summed E-state index contributed by atoms with van der Waals surface area (Å²) in [5.41, 5.74) is 0.771. The van der Waals surface area contributed by atoms with Crippen molar-refractivity contribution in [1.29, 1.82) is 0 Å². The van der Waals surface area contributed by atoms with Gasteiger partial charge in [-0.15, -0.1) is 0 Å². The van der Waals surface area contributed by atoms with Gasteiger partial charge < -0.3 is 24.1 Å². The molecule has 0 aliphatic carbocycles. The first-order chi connectivity index (χ1) is 14.1. The molecule has 0 fully saturated rings. The van der Waals surface area contributed by atoms with Gasteiger partial charge in [-0.3, -0.25) is 9.59 Å². The molecule has 1 aromatic carbocycles. The molecule has 9 heteroatoms. The lowest BCUT2D eigenvalue weighted by Gasteiger charge is -2.15. The maximum atomic E-state index is 12.1. The fraction of sp³-hybridized carbons (Fsp3) is 0.300. The number of hydrogen-bond acceptors (Lipinski definition) is 7. The highest BCUT2D eigenvalue weighted by molar-refractivity contribution is 5.77. The molecule has 2 N–H and O–H groups in total. The van der Waals surface area contributed by atoms with Crippen LogP contribution in [-0.2, 0) is 22.4 Å². The number of carboxylic acid groups (broad SMARTS) is 1. The smallest absolute Gasteiger partial charge is 0.308 e. The van der Waals surface area contributed by atoms with Crippen molar-refractivity contribution in [1.82, 2.24) is 15.5 Å². The third-order valence-electron chi connectivity index (χ3n) is 4.33. The summed E-state index contributed by atoms with van der Waals surface area (Å²) in [5.74, 6) is -0.350. The predicted molar refractivity (Wildman–Crippen MR) is 101 cm³/mol. The molecule has 0 radical (unpaired) electrons. The van der Waals surface area contributed by atoms with Crippen LogP contribution in [0.5, 0.6) is 5.75 Å². The van der Waals surface area contributed by atoms with Crippen molar-refractivity contribution >= 4 is 11.9 Å². The van der Waals surface area contributed by atoms with E-state index in [4.69, 9.17) is 13.7 Å². The van der Waals surface area contributed by atoms with E-state index in [0.717, 1.165) is 5.56 Å². The van der Waals surface area contributed by atoms with Crippen LogP contribution in [0, 0.1) is 5.92 Å². The van der Waals surface area contributed by atoms with E-state index < -0.39 is 11.9 Å². The normalized spacial score (nSPS) is 11.8. The second-order valence-electron chi connectivity index (χ2n) is 6.34. The topological polar surface area (TPSA) is 128 Å². The lowest BCUT2D eigenvalue weighted by Crippen LogP contribution is -2.34. The number of carbonyl (C=O) groups excluding carboxylic acids is 1. The van der Waals surface area contributed by atoms with Crippen molar-refractivity contribution in [2.75, 3.05) is 13.7 Å². The van der Waals surface area contributed by atoms with Crippen molar-refractivity contribution in [3.05, 3.63) is 54.1 Å². The third kappa shape index (κ3) is 5.44. The number of hydrogen-bond donors (Lipinski definition) is 2. The molecule has 152 valence electrons. The Morgan fingerprint density at radius 2 is 2.07 bits per heavy atom. The summed E-state index contributed by atoms with van der Waals surface area (Å²) >= 11 is 0. The fourth-order valence-electron chi connectivity index (χ4n) is 2.79. The lowest BCUT2D eigenvalue weighted by molar-refractivity contribution is -0.141. The number of aliphatic carboxylic acids is 1. The first kappa shape index (κ1) is 20.1. The number of amides is 1. The highest BCUT2D eigenvalue weighted by atomic mass is 16.5.